The Kier molecular flexibility index (Phi) is 3.67. The molecule has 1 aliphatic rings. The highest BCUT2D eigenvalue weighted by molar-refractivity contribution is 5.86. The average Bonchev–Trinajstić information content (AvgIpc) is 2.64. The first-order chi connectivity index (χ1) is 8.20. The van der Waals surface area contributed by atoms with Crippen LogP contribution in [0.5, 0.6) is 0 Å². The van der Waals surface area contributed by atoms with Crippen LogP contribution in [-0.2, 0) is 11.2 Å². The fourth-order valence-electron chi connectivity index (χ4n) is 2.21. The van der Waals surface area contributed by atoms with E-state index in [0.29, 0.717) is 0 Å². The SMILES string of the molecule is CCCc1ccc(NC2CCN(C)C2=O)cc1. The van der Waals surface area contributed by atoms with E-state index in [9.17, 15) is 4.79 Å². The number of likely N-dealkylation sites (N-methyl/N-ethyl adjacent to an activating group) is 1. The van der Waals surface area contributed by atoms with Crippen LogP contribution >= 0.6 is 0 Å². The summed E-state index contributed by atoms with van der Waals surface area (Å²) in [5.74, 6) is 0.197. The lowest BCUT2D eigenvalue weighted by Gasteiger charge is -2.13. The lowest BCUT2D eigenvalue weighted by Crippen LogP contribution is -2.30. The smallest absolute Gasteiger partial charge is 0.244 e. The van der Waals surface area contributed by atoms with Crippen LogP contribution in [-0.4, -0.2) is 30.4 Å². The molecular weight excluding hydrogens is 212 g/mol. The maximum absolute atomic E-state index is 11.7. The molecule has 1 atom stereocenters. The molecule has 2 rings (SSSR count). The summed E-state index contributed by atoms with van der Waals surface area (Å²) in [5.41, 5.74) is 2.39. The van der Waals surface area contributed by atoms with Crippen LogP contribution in [0.15, 0.2) is 24.3 Å². The van der Waals surface area contributed by atoms with Gasteiger partial charge in [0.05, 0.1) is 0 Å². The molecule has 92 valence electrons. The third-order valence-corrected chi connectivity index (χ3v) is 3.26. The van der Waals surface area contributed by atoms with Gasteiger partial charge in [-0.15, -0.1) is 0 Å². The van der Waals surface area contributed by atoms with Crippen molar-refractivity contribution in [1.82, 2.24) is 4.90 Å². The topological polar surface area (TPSA) is 32.3 Å². The zero-order valence-corrected chi connectivity index (χ0v) is 10.6. The maximum atomic E-state index is 11.7. The number of rotatable bonds is 4. The number of carbonyl (C=O) groups is 1. The molecule has 1 heterocycles. The lowest BCUT2D eigenvalue weighted by atomic mass is 10.1. The van der Waals surface area contributed by atoms with E-state index in [1.165, 1.54) is 12.0 Å². The third-order valence-electron chi connectivity index (χ3n) is 3.26. The molecule has 1 aromatic carbocycles. The molecule has 1 N–H and O–H groups in total. The summed E-state index contributed by atoms with van der Waals surface area (Å²) in [7, 11) is 1.86. The molecule has 0 spiro atoms. The van der Waals surface area contributed by atoms with Crippen LogP contribution in [0.3, 0.4) is 0 Å². The number of benzene rings is 1. The van der Waals surface area contributed by atoms with Gasteiger partial charge < -0.3 is 10.2 Å². The number of anilines is 1. The summed E-state index contributed by atoms with van der Waals surface area (Å²) in [6.07, 6.45) is 3.18. The van der Waals surface area contributed by atoms with Crippen LogP contribution in [0, 0.1) is 0 Å². The van der Waals surface area contributed by atoms with Crippen molar-refractivity contribution in [1.29, 1.82) is 0 Å². The van der Waals surface area contributed by atoms with Gasteiger partial charge in [-0.05, 0) is 30.5 Å². The Labute approximate surface area is 103 Å². The molecular formula is C14H20N2O. The Bertz CT molecular complexity index is 386. The first kappa shape index (κ1) is 12.0. The minimum Gasteiger partial charge on any atom is -0.374 e. The molecule has 1 aromatic rings. The summed E-state index contributed by atoms with van der Waals surface area (Å²) in [6, 6.07) is 8.36. The fourth-order valence-corrected chi connectivity index (χ4v) is 2.21. The second-order valence-corrected chi connectivity index (χ2v) is 4.69. The molecule has 1 unspecified atom stereocenters. The first-order valence-electron chi connectivity index (χ1n) is 6.31. The van der Waals surface area contributed by atoms with Crippen molar-refractivity contribution in [2.24, 2.45) is 0 Å². The summed E-state index contributed by atoms with van der Waals surface area (Å²) < 4.78 is 0. The van der Waals surface area contributed by atoms with E-state index in [0.717, 1.165) is 25.1 Å². The molecule has 0 aromatic heterocycles. The molecule has 1 fully saturated rings. The second kappa shape index (κ2) is 5.21. The monoisotopic (exact) mass is 232 g/mol. The van der Waals surface area contributed by atoms with E-state index >= 15 is 0 Å². The number of hydrogen-bond acceptors (Lipinski definition) is 2. The number of amides is 1. The van der Waals surface area contributed by atoms with Gasteiger partial charge in [0.1, 0.15) is 6.04 Å². The highest BCUT2D eigenvalue weighted by Crippen LogP contribution is 2.17. The molecule has 0 radical (unpaired) electrons. The van der Waals surface area contributed by atoms with Gasteiger partial charge >= 0.3 is 0 Å². The number of hydrogen-bond donors (Lipinski definition) is 1. The molecule has 1 aliphatic heterocycles. The van der Waals surface area contributed by atoms with Gasteiger partial charge in [-0.3, -0.25) is 4.79 Å². The molecule has 3 heteroatoms. The quantitative estimate of drug-likeness (QED) is 0.863. The average molecular weight is 232 g/mol. The first-order valence-corrected chi connectivity index (χ1v) is 6.31. The Hall–Kier alpha value is -1.51. The molecule has 1 saturated heterocycles. The van der Waals surface area contributed by atoms with Crippen molar-refractivity contribution in [3.8, 4) is 0 Å². The van der Waals surface area contributed by atoms with E-state index in [1.807, 2.05) is 7.05 Å². The van der Waals surface area contributed by atoms with Crippen molar-refractivity contribution in [3.63, 3.8) is 0 Å². The van der Waals surface area contributed by atoms with Crippen molar-refractivity contribution in [2.75, 3.05) is 18.9 Å². The third kappa shape index (κ3) is 2.78. The van der Waals surface area contributed by atoms with E-state index < -0.39 is 0 Å². The van der Waals surface area contributed by atoms with Crippen LogP contribution in [0.4, 0.5) is 5.69 Å². The highest BCUT2D eigenvalue weighted by Gasteiger charge is 2.28. The zero-order valence-electron chi connectivity index (χ0n) is 10.6. The fraction of sp³-hybridized carbons (Fsp3) is 0.500. The summed E-state index contributed by atoms with van der Waals surface area (Å²) in [6.45, 7) is 3.03. The van der Waals surface area contributed by atoms with Gasteiger partial charge in [-0.1, -0.05) is 25.5 Å². The Morgan fingerprint density at radius 3 is 2.59 bits per heavy atom. The molecule has 3 nitrogen and oxygen atoms in total. The van der Waals surface area contributed by atoms with Crippen molar-refractivity contribution < 1.29 is 4.79 Å². The van der Waals surface area contributed by atoms with Gasteiger partial charge in [0.2, 0.25) is 5.91 Å². The number of likely N-dealkylation sites (tertiary alicyclic amines) is 1. The minimum atomic E-state index is -0.0444. The summed E-state index contributed by atoms with van der Waals surface area (Å²) >= 11 is 0. The molecule has 0 saturated carbocycles. The van der Waals surface area contributed by atoms with Gasteiger partial charge in [0.25, 0.3) is 0 Å². The molecule has 0 aliphatic carbocycles. The van der Waals surface area contributed by atoms with E-state index in [4.69, 9.17) is 0 Å². The van der Waals surface area contributed by atoms with Gasteiger partial charge in [-0.25, -0.2) is 0 Å². The number of carbonyl (C=O) groups excluding carboxylic acids is 1. The molecule has 0 bridgehead atoms. The number of aryl methyl sites for hydroxylation is 1. The number of nitrogens with zero attached hydrogens (tertiary/aromatic N) is 1. The Balaban J connectivity index is 1.97. The predicted molar refractivity (Wildman–Crippen MR) is 70.1 cm³/mol. The zero-order chi connectivity index (χ0) is 12.3. The van der Waals surface area contributed by atoms with Crippen LogP contribution < -0.4 is 5.32 Å². The van der Waals surface area contributed by atoms with Crippen molar-refractivity contribution in [3.05, 3.63) is 29.8 Å². The Morgan fingerprint density at radius 1 is 1.35 bits per heavy atom. The van der Waals surface area contributed by atoms with Crippen LogP contribution in [0.25, 0.3) is 0 Å². The predicted octanol–water partition coefficient (Wildman–Crippen LogP) is 2.28. The van der Waals surface area contributed by atoms with Crippen LogP contribution in [0.2, 0.25) is 0 Å². The van der Waals surface area contributed by atoms with Gasteiger partial charge in [0, 0.05) is 19.3 Å². The van der Waals surface area contributed by atoms with Gasteiger partial charge in [0.15, 0.2) is 0 Å². The van der Waals surface area contributed by atoms with Gasteiger partial charge in [-0.2, -0.15) is 0 Å². The largest absolute Gasteiger partial charge is 0.374 e. The van der Waals surface area contributed by atoms with E-state index in [1.54, 1.807) is 4.90 Å². The Morgan fingerprint density at radius 2 is 2.06 bits per heavy atom. The van der Waals surface area contributed by atoms with Crippen molar-refractivity contribution >= 4 is 11.6 Å². The van der Waals surface area contributed by atoms with Crippen LogP contribution in [0.1, 0.15) is 25.3 Å². The second-order valence-electron chi connectivity index (χ2n) is 4.69. The molecule has 17 heavy (non-hydrogen) atoms. The summed E-state index contributed by atoms with van der Waals surface area (Å²) in [4.78, 5) is 13.5. The standard InChI is InChI=1S/C14H20N2O/c1-3-4-11-5-7-12(8-6-11)15-13-9-10-16(2)14(13)17/h5-8,13,15H,3-4,9-10H2,1-2H3. The normalized spacial score (nSPS) is 19.8. The minimum absolute atomic E-state index is 0.0444. The maximum Gasteiger partial charge on any atom is 0.244 e. The summed E-state index contributed by atoms with van der Waals surface area (Å²) in [5, 5.41) is 3.30. The highest BCUT2D eigenvalue weighted by atomic mass is 16.2. The lowest BCUT2D eigenvalue weighted by molar-refractivity contribution is -0.127. The van der Waals surface area contributed by atoms with Crippen molar-refractivity contribution in [2.45, 2.75) is 32.2 Å². The molecule has 1 amide bonds. The van der Waals surface area contributed by atoms with E-state index in [-0.39, 0.29) is 11.9 Å². The number of nitrogens with one attached hydrogen (secondary N) is 1. The van der Waals surface area contributed by atoms with E-state index in [2.05, 4.69) is 36.5 Å².